The molecule has 0 radical (unpaired) electrons. The summed E-state index contributed by atoms with van der Waals surface area (Å²) in [4.78, 5) is 21.8. The first-order valence-electron chi connectivity index (χ1n) is 5.52. The predicted octanol–water partition coefficient (Wildman–Crippen LogP) is 2.93. The Labute approximate surface area is 105 Å². The fourth-order valence-electron chi connectivity index (χ4n) is 1.68. The van der Waals surface area contributed by atoms with E-state index in [1.165, 1.54) is 17.7 Å². The fraction of sp³-hybridized carbons (Fsp3) is 0.0667. The van der Waals surface area contributed by atoms with Gasteiger partial charge in [0, 0.05) is 5.56 Å². The molecule has 0 aromatic heterocycles. The third-order valence-electron chi connectivity index (χ3n) is 2.73. The molecule has 0 amide bonds. The molecule has 0 aliphatic rings. The third-order valence-corrected chi connectivity index (χ3v) is 2.73. The van der Waals surface area contributed by atoms with E-state index in [1.54, 1.807) is 12.1 Å². The number of Topliss-reactive ketones (excluding diaryl/α,β-unsaturated/α-hetero) is 1. The summed E-state index contributed by atoms with van der Waals surface area (Å²) in [5.41, 5.74) is 3.36. The maximum atomic E-state index is 11.2. The van der Waals surface area contributed by atoms with Gasteiger partial charge in [0.05, 0.1) is 0 Å². The van der Waals surface area contributed by atoms with Gasteiger partial charge < -0.3 is 5.11 Å². The van der Waals surface area contributed by atoms with E-state index in [4.69, 9.17) is 5.11 Å². The maximum Gasteiger partial charge on any atom is 0.377 e. The average molecular weight is 240 g/mol. The second-order valence-corrected chi connectivity index (χ2v) is 4.08. The molecule has 0 aliphatic heterocycles. The van der Waals surface area contributed by atoms with Crippen molar-refractivity contribution >= 4 is 11.8 Å². The molecule has 0 spiro atoms. The lowest BCUT2D eigenvalue weighted by atomic mass is 10.0. The molecule has 0 aliphatic carbocycles. The topological polar surface area (TPSA) is 54.4 Å². The zero-order valence-electron chi connectivity index (χ0n) is 9.88. The Hall–Kier alpha value is -2.42. The molecule has 2 aromatic carbocycles. The number of carbonyl (C=O) groups is 2. The molecule has 0 saturated heterocycles. The lowest BCUT2D eigenvalue weighted by molar-refractivity contribution is -0.131. The minimum atomic E-state index is -1.43. The molecule has 1 N–H and O–H groups in total. The summed E-state index contributed by atoms with van der Waals surface area (Å²) in [5, 5.41) is 8.60. The quantitative estimate of drug-likeness (QED) is 0.663. The minimum Gasteiger partial charge on any atom is -0.475 e. The Kier molecular flexibility index (Phi) is 3.24. The van der Waals surface area contributed by atoms with E-state index < -0.39 is 11.8 Å². The highest BCUT2D eigenvalue weighted by molar-refractivity contribution is 6.39. The van der Waals surface area contributed by atoms with Gasteiger partial charge in [-0.3, -0.25) is 4.79 Å². The number of hydrogen-bond donors (Lipinski definition) is 1. The largest absolute Gasteiger partial charge is 0.475 e. The lowest BCUT2D eigenvalue weighted by Crippen LogP contribution is -2.12. The second kappa shape index (κ2) is 4.84. The number of carboxylic acids is 1. The first-order valence-corrected chi connectivity index (χ1v) is 5.52. The molecule has 2 rings (SSSR count). The van der Waals surface area contributed by atoms with Crippen LogP contribution in [0.2, 0.25) is 0 Å². The van der Waals surface area contributed by atoms with Crippen molar-refractivity contribution in [1.29, 1.82) is 0 Å². The summed E-state index contributed by atoms with van der Waals surface area (Å²) >= 11 is 0. The number of carbonyl (C=O) groups excluding carboxylic acids is 1. The molecule has 0 atom stereocenters. The summed E-state index contributed by atoms with van der Waals surface area (Å²) in [6.45, 7) is 2.01. The SMILES string of the molecule is Cc1ccc(-c2ccc(C(=O)C(=O)O)cc2)cc1. The molecule has 18 heavy (non-hydrogen) atoms. The van der Waals surface area contributed by atoms with Crippen LogP contribution in [0.1, 0.15) is 15.9 Å². The van der Waals surface area contributed by atoms with Crippen LogP contribution in [0.3, 0.4) is 0 Å². The van der Waals surface area contributed by atoms with Gasteiger partial charge in [0.2, 0.25) is 0 Å². The van der Waals surface area contributed by atoms with Gasteiger partial charge >= 0.3 is 5.97 Å². The summed E-state index contributed by atoms with van der Waals surface area (Å²) < 4.78 is 0. The molecule has 90 valence electrons. The molecule has 0 fully saturated rings. The van der Waals surface area contributed by atoms with Gasteiger partial charge in [-0.15, -0.1) is 0 Å². The number of aryl methyl sites for hydroxylation is 1. The lowest BCUT2D eigenvalue weighted by Gasteiger charge is -2.03. The average Bonchev–Trinajstić information content (AvgIpc) is 2.39. The Bertz CT molecular complexity index is 580. The highest BCUT2D eigenvalue weighted by atomic mass is 16.4. The molecule has 0 heterocycles. The van der Waals surface area contributed by atoms with Crippen LogP contribution in [0.15, 0.2) is 48.5 Å². The Morgan fingerprint density at radius 2 is 1.28 bits per heavy atom. The molecule has 0 saturated carbocycles. The van der Waals surface area contributed by atoms with Crippen LogP contribution in [0.5, 0.6) is 0 Å². The summed E-state index contributed by atoms with van der Waals surface area (Å²) in [7, 11) is 0. The van der Waals surface area contributed by atoms with Gasteiger partial charge in [-0.05, 0) is 18.1 Å². The van der Waals surface area contributed by atoms with Crippen LogP contribution in [0.4, 0.5) is 0 Å². The molecule has 3 nitrogen and oxygen atoms in total. The summed E-state index contributed by atoms with van der Waals surface area (Å²) in [5.74, 6) is -2.32. The van der Waals surface area contributed by atoms with Crippen molar-refractivity contribution in [1.82, 2.24) is 0 Å². The van der Waals surface area contributed by atoms with E-state index in [1.807, 2.05) is 31.2 Å². The Morgan fingerprint density at radius 1 is 0.833 bits per heavy atom. The first kappa shape index (κ1) is 12.0. The number of carboxylic acid groups (broad SMARTS) is 1. The number of aliphatic carboxylic acids is 1. The van der Waals surface area contributed by atoms with Crippen molar-refractivity contribution in [3.05, 3.63) is 59.7 Å². The van der Waals surface area contributed by atoms with Crippen molar-refractivity contribution in [3.8, 4) is 11.1 Å². The van der Waals surface area contributed by atoms with Crippen LogP contribution in [-0.4, -0.2) is 16.9 Å². The van der Waals surface area contributed by atoms with Crippen LogP contribution in [0, 0.1) is 6.92 Å². The number of rotatable bonds is 3. The number of hydrogen-bond acceptors (Lipinski definition) is 2. The Morgan fingerprint density at radius 3 is 1.72 bits per heavy atom. The van der Waals surface area contributed by atoms with E-state index in [2.05, 4.69) is 0 Å². The molecule has 3 heteroatoms. The molecular weight excluding hydrogens is 228 g/mol. The third kappa shape index (κ3) is 2.46. The number of benzene rings is 2. The predicted molar refractivity (Wildman–Crippen MR) is 68.6 cm³/mol. The highest BCUT2D eigenvalue weighted by Gasteiger charge is 2.13. The monoisotopic (exact) mass is 240 g/mol. The van der Waals surface area contributed by atoms with Crippen LogP contribution in [-0.2, 0) is 4.79 Å². The van der Waals surface area contributed by atoms with E-state index in [-0.39, 0.29) is 5.56 Å². The van der Waals surface area contributed by atoms with Gasteiger partial charge in [-0.2, -0.15) is 0 Å². The standard InChI is InChI=1S/C15H12O3/c1-10-2-4-11(5-3-10)12-6-8-13(9-7-12)14(16)15(17)18/h2-9H,1H3,(H,17,18). The maximum absolute atomic E-state index is 11.2. The smallest absolute Gasteiger partial charge is 0.377 e. The van der Waals surface area contributed by atoms with Crippen LogP contribution in [0.25, 0.3) is 11.1 Å². The summed E-state index contributed by atoms with van der Waals surface area (Å²) in [6, 6.07) is 14.6. The number of ketones is 1. The molecule has 2 aromatic rings. The van der Waals surface area contributed by atoms with Gasteiger partial charge in [-0.25, -0.2) is 4.79 Å². The van der Waals surface area contributed by atoms with Gasteiger partial charge in [0.15, 0.2) is 0 Å². The van der Waals surface area contributed by atoms with Crippen molar-refractivity contribution in [3.63, 3.8) is 0 Å². The van der Waals surface area contributed by atoms with Crippen molar-refractivity contribution in [2.75, 3.05) is 0 Å². The van der Waals surface area contributed by atoms with Crippen LogP contribution >= 0.6 is 0 Å². The van der Waals surface area contributed by atoms with E-state index in [0.717, 1.165) is 11.1 Å². The van der Waals surface area contributed by atoms with Crippen molar-refractivity contribution in [2.45, 2.75) is 6.92 Å². The van der Waals surface area contributed by atoms with Crippen molar-refractivity contribution < 1.29 is 14.7 Å². The normalized spacial score (nSPS) is 10.1. The van der Waals surface area contributed by atoms with Gasteiger partial charge in [0.1, 0.15) is 0 Å². The highest BCUT2D eigenvalue weighted by Crippen LogP contribution is 2.20. The van der Waals surface area contributed by atoms with E-state index in [9.17, 15) is 9.59 Å². The molecule has 0 unspecified atom stereocenters. The van der Waals surface area contributed by atoms with E-state index in [0.29, 0.717) is 0 Å². The van der Waals surface area contributed by atoms with Crippen LogP contribution < -0.4 is 0 Å². The zero-order valence-corrected chi connectivity index (χ0v) is 9.88. The zero-order chi connectivity index (χ0) is 13.1. The van der Waals surface area contributed by atoms with E-state index >= 15 is 0 Å². The van der Waals surface area contributed by atoms with Gasteiger partial charge in [-0.1, -0.05) is 54.1 Å². The fourth-order valence-corrected chi connectivity index (χ4v) is 1.68. The summed E-state index contributed by atoms with van der Waals surface area (Å²) in [6.07, 6.45) is 0. The second-order valence-electron chi connectivity index (χ2n) is 4.08. The minimum absolute atomic E-state index is 0.193. The first-order chi connectivity index (χ1) is 8.58. The Balaban J connectivity index is 2.30. The van der Waals surface area contributed by atoms with Crippen molar-refractivity contribution in [2.24, 2.45) is 0 Å². The molecule has 0 bridgehead atoms. The molecular formula is C15H12O3. The van der Waals surface area contributed by atoms with Gasteiger partial charge in [0.25, 0.3) is 5.78 Å².